The van der Waals surface area contributed by atoms with Crippen molar-refractivity contribution in [2.75, 3.05) is 19.7 Å². The predicted octanol–water partition coefficient (Wildman–Crippen LogP) is 6.05. The lowest BCUT2D eigenvalue weighted by molar-refractivity contribution is 0.103. The molecule has 1 aliphatic rings. The van der Waals surface area contributed by atoms with Crippen molar-refractivity contribution < 1.29 is 9.53 Å². The molecular formula is C30H31N3O2S. The van der Waals surface area contributed by atoms with Crippen molar-refractivity contribution >= 4 is 38.2 Å². The minimum absolute atomic E-state index is 0.0832. The van der Waals surface area contributed by atoms with E-state index >= 15 is 0 Å². The first-order valence-corrected chi connectivity index (χ1v) is 13.6. The molecule has 6 rings (SSSR count). The van der Waals surface area contributed by atoms with Crippen molar-refractivity contribution in [3.05, 3.63) is 89.1 Å². The molecular weight excluding hydrogens is 466 g/mol. The molecule has 5 aromatic rings. The lowest BCUT2D eigenvalue weighted by atomic mass is 10.1. The van der Waals surface area contributed by atoms with Crippen LogP contribution >= 0.6 is 11.3 Å². The molecule has 5 nitrogen and oxygen atoms in total. The summed E-state index contributed by atoms with van der Waals surface area (Å²) in [7, 11) is 1.98. The van der Waals surface area contributed by atoms with Crippen LogP contribution in [0, 0.1) is 5.92 Å². The number of fused-ring (bicyclic) bond motifs is 2. The number of carbonyl (C=O) groups excluding carboxylic acids is 1. The highest BCUT2D eigenvalue weighted by Gasteiger charge is 2.20. The molecule has 1 fully saturated rings. The second kappa shape index (κ2) is 9.96. The van der Waals surface area contributed by atoms with Crippen molar-refractivity contribution in [2.45, 2.75) is 25.8 Å². The Hall–Kier alpha value is -3.35. The molecule has 0 spiro atoms. The van der Waals surface area contributed by atoms with Gasteiger partial charge in [-0.25, -0.2) is 0 Å². The van der Waals surface area contributed by atoms with E-state index in [1.807, 2.05) is 36.0 Å². The minimum Gasteiger partial charge on any atom is -0.493 e. The average Bonchev–Trinajstić information content (AvgIpc) is 3.70. The molecule has 0 bridgehead atoms. The van der Waals surface area contributed by atoms with E-state index in [-0.39, 0.29) is 5.78 Å². The van der Waals surface area contributed by atoms with Gasteiger partial charge in [0.2, 0.25) is 5.78 Å². The Morgan fingerprint density at radius 2 is 1.97 bits per heavy atom. The number of rotatable bonds is 9. The maximum absolute atomic E-state index is 13.6. The summed E-state index contributed by atoms with van der Waals surface area (Å²) < 4.78 is 11.4. The third-order valence-electron chi connectivity index (χ3n) is 7.37. The third-order valence-corrected chi connectivity index (χ3v) is 8.22. The van der Waals surface area contributed by atoms with Gasteiger partial charge in [0.15, 0.2) is 0 Å². The highest BCUT2D eigenvalue weighted by atomic mass is 32.1. The van der Waals surface area contributed by atoms with Gasteiger partial charge in [-0.3, -0.25) is 4.79 Å². The number of hydrogen-bond acceptors (Lipinski definition) is 4. The zero-order valence-electron chi connectivity index (χ0n) is 20.6. The van der Waals surface area contributed by atoms with Gasteiger partial charge in [-0.05, 0) is 67.1 Å². The molecule has 1 aliphatic heterocycles. The van der Waals surface area contributed by atoms with Crippen LogP contribution in [0.1, 0.15) is 34.5 Å². The van der Waals surface area contributed by atoms with E-state index in [4.69, 9.17) is 4.74 Å². The van der Waals surface area contributed by atoms with Crippen LogP contribution in [-0.4, -0.2) is 34.6 Å². The SMILES string of the molecule is Cn1c(C(=O)c2cn(CCCc3ccc(OCC4CCNC4)cc3)c3ccccc23)cc2sccc21. The van der Waals surface area contributed by atoms with Crippen LogP contribution < -0.4 is 10.1 Å². The Balaban J connectivity index is 1.14. The first-order chi connectivity index (χ1) is 17.7. The molecule has 1 saturated heterocycles. The first-order valence-electron chi connectivity index (χ1n) is 12.8. The largest absolute Gasteiger partial charge is 0.493 e. The molecule has 1 unspecified atom stereocenters. The molecule has 36 heavy (non-hydrogen) atoms. The van der Waals surface area contributed by atoms with E-state index in [9.17, 15) is 4.79 Å². The monoisotopic (exact) mass is 497 g/mol. The summed E-state index contributed by atoms with van der Waals surface area (Å²) in [5, 5.41) is 6.48. The second-order valence-corrected chi connectivity index (χ2v) is 10.7. The molecule has 0 aliphatic carbocycles. The molecule has 0 radical (unpaired) electrons. The van der Waals surface area contributed by atoms with Gasteiger partial charge in [-0.1, -0.05) is 30.3 Å². The van der Waals surface area contributed by atoms with Crippen LogP contribution in [0.25, 0.3) is 21.1 Å². The number of benzene rings is 2. The highest BCUT2D eigenvalue weighted by Crippen LogP contribution is 2.29. The summed E-state index contributed by atoms with van der Waals surface area (Å²) in [6.07, 6.45) is 5.23. The van der Waals surface area contributed by atoms with Crippen LogP contribution in [-0.2, 0) is 20.0 Å². The van der Waals surface area contributed by atoms with Gasteiger partial charge in [0.05, 0.1) is 22.5 Å². The average molecular weight is 498 g/mol. The Morgan fingerprint density at radius 1 is 1.11 bits per heavy atom. The maximum atomic E-state index is 13.6. The zero-order chi connectivity index (χ0) is 24.5. The predicted molar refractivity (Wildman–Crippen MR) is 147 cm³/mol. The summed E-state index contributed by atoms with van der Waals surface area (Å²) in [6, 6.07) is 20.9. The Labute approximate surface area is 215 Å². The Kier molecular flexibility index (Phi) is 6.38. The lowest BCUT2D eigenvalue weighted by Gasteiger charge is -2.11. The van der Waals surface area contributed by atoms with Crippen LogP contribution in [0.2, 0.25) is 0 Å². The van der Waals surface area contributed by atoms with Crippen molar-refractivity contribution in [3.63, 3.8) is 0 Å². The van der Waals surface area contributed by atoms with Crippen molar-refractivity contribution in [1.82, 2.24) is 14.5 Å². The van der Waals surface area contributed by atoms with Gasteiger partial charge in [-0.2, -0.15) is 0 Å². The molecule has 4 heterocycles. The highest BCUT2D eigenvalue weighted by molar-refractivity contribution is 7.17. The van der Waals surface area contributed by atoms with E-state index in [2.05, 4.69) is 57.7 Å². The van der Waals surface area contributed by atoms with Crippen LogP contribution in [0.4, 0.5) is 0 Å². The van der Waals surface area contributed by atoms with Gasteiger partial charge in [-0.15, -0.1) is 11.3 Å². The van der Waals surface area contributed by atoms with E-state index in [0.29, 0.717) is 5.92 Å². The fourth-order valence-corrected chi connectivity index (χ4v) is 6.14. The second-order valence-electron chi connectivity index (χ2n) is 9.76. The standard InChI is InChI=1S/C30H31N3O2S/c1-32-27-13-16-36-29(27)17-28(32)30(34)25-19-33(26-7-3-2-6-24(25)26)15-4-5-21-8-10-23(11-9-21)35-20-22-12-14-31-18-22/h2-3,6-11,13,16-17,19,22,31H,4-5,12,14-15,18,20H2,1H3. The van der Waals surface area contributed by atoms with Gasteiger partial charge in [0.1, 0.15) is 5.75 Å². The molecule has 184 valence electrons. The van der Waals surface area contributed by atoms with Gasteiger partial charge >= 0.3 is 0 Å². The van der Waals surface area contributed by atoms with E-state index < -0.39 is 0 Å². The number of para-hydroxylation sites is 1. The molecule has 1 atom stereocenters. The van der Waals surface area contributed by atoms with E-state index in [1.54, 1.807) is 11.3 Å². The Bertz CT molecular complexity index is 1500. The lowest BCUT2D eigenvalue weighted by Crippen LogP contribution is -2.15. The van der Waals surface area contributed by atoms with Gasteiger partial charge in [0.25, 0.3) is 0 Å². The van der Waals surface area contributed by atoms with Crippen LogP contribution in [0.15, 0.2) is 72.2 Å². The van der Waals surface area contributed by atoms with Crippen molar-refractivity contribution in [1.29, 1.82) is 0 Å². The Morgan fingerprint density at radius 3 is 2.78 bits per heavy atom. The van der Waals surface area contributed by atoms with E-state index in [1.165, 1.54) is 12.0 Å². The topological polar surface area (TPSA) is 48.2 Å². The van der Waals surface area contributed by atoms with Crippen molar-refractivity contribution in [2.24, 2.45) is 13.0 Å². The fourth-order valence-electron chi connectivity index (χ4n) is 5.30. The summed E-state index contributed by atoms with van der Waals surface area (Å²) in [6.45, 7) is 3.81. The van der Waals surface area contributed by atoms with Gasteiger partial charge in [0, 0.05) is 48.7 Å². The first kappa shape index (κ1) is 23.1. The molecule has 2 aromatic carbocycles. The van der Waals surface area contributed by atoms with Crippen LogP contribution in [0.3, 0.4) is 0 Å². The molecule has 0 amide bonds. The minimum atomic E-state index is 0.0832. The summed E-state index contributed by atoms with van der Waals surface area (Å²) in [5.74, 6) is 1.65. The number of ether oxygens (including phenoxy) is 1. The van der Waals surface area contributed by atoms with Crippen LogP contribution in [0.5, 0.6) is 5.75 Å². The molecule has 6 heteroatoms. The normalized spacial score (nSPS) is 15.8. The summed E-state index contributed by atoms with van der Waals surface area (Å²) >= 11 is 1.67. The molecule has 0 saturated carbocycles. The third kappa shape index (κ3) is 4.47. The van der Waals surface area contributed by atoms with E-state index in [0.717, 1.165) is 77.2 Å². The number of ketones is 1. The maximum Gasteiger partial charge on any atom is 0.211 e. The number of nitrogens with zero attached hydrogens (tertiary/aromatic N) is 2. The molecule has 3 aromatic heterocycles. The quantitative estimate of drug-likeness (QED) is 0.252. The number of hydrogen-bond donors (Lipinski definition) is 1. The fraction of sp³-hybridized carbons (Fsp3) is 0.300. The number of carbonyl (C=O) groups is 1. The number of thiophene rings is 1. The molecule has 1 N–H and O–H groups in total. The zero-order valence-corrected chi connectivity index (χ0v) is 21.4. The number of aromatic nitrogens is 2. The number of aryl methyl sites for hydroxylation is 3. The summed E-state index contributed by atoms with van der Waals surface area (Å²) in [5.41, 5.74) is 5.05. The van der Waals surface area contributed by atoms with Crippen molar-refractivity contribution in [3.8, 4) is 5.75 Å². The smallest absolute Gasteiger partial charge is 0.211 e. The number of nitrogens with one attached hydrogen (secondary N) is 1. The summed E-state index contributed by atoms with van der Waals surface area (Å²) in [4.78, 5) is 13.6. The van der Waals surface area contributed by atoms with Gasteiger partial charge < -0.3 is 19.2 Å².